The molecule has 0 heterocycles. The van der Waals surface area contributed by atoms with E-state index in [9.17, 15) is 14.4 Å². The van der Waals surface area contributed by atoms with Crippen molar-refractivity contribution in [3.8, 4) is 0 Å². The highest BCUT2D eigenvalue weighted by atomic mass is 16.4. The summed E-state index contributed by atoms with van der Waals surface area (Å²) >= 11 is 0. The summed E-state index contributed by atoms with van der Waals surface area (Å²) in [7, 11) is 0. The van der Waals surface area contributed by atoms with Gasteiger partial charge in [-0.15, -0.1) is 0 Å². The zero-order chi connectivity index (χ0) is 48.9. The smallest absolute Gasteiger partial charge is 0.303 e. The van der Waals surface area contributed by atoms with E-state index >= 15 is 0 Å². The number of hydrogen-bond donors (Lipinski definition) is 3. The first kappa shape index (κ1) is 67.9. The summed E-state index contributed by atoms with van der Waals surface area (Å²) in [5, 5.41) is 25.6. The first-order valence-corrected chi connectivity index (χ1v) is 28.9. The topological polar surface area (TPSA) is 112 Å². The van der Waals surface area contributed by atoms with E-state index in [2.05, 4.69) is 57.2 Å². The summed E-state index contributed by atoms with van der Waals surface area (Å²) in [6.45, 7) is 6.80. The molecule has 0 saturated carbocycles. The number of carboxylic acid groups (broad SMARTS) is 3. The van der Waals surface area contributed by atoms with E-state index in [1.807, 2.05) is 0 Å². The van der Waals surface area contributed by atoms with Gasteiger partial charge in [0.2, 0.25) is 0 Å². The predicted octanol–water partition coefficient (Wildman–Crippen LogP) is 20.7. The Morgan fingerprint density at radius 2 is 0.364 bits per heavy atom. The Labute approximate surface area is 411 Å². The molecule has 0 aliphatic rings. The Morgan fingerprint density at radius 3 is 0.515 bits per heavy atom. The van der Waals surface area contributed by atoms with Gasteiger partial charge in [-0.1, -0.05) is 250 Å². The maximum absolute atomic E-state index is 10.4. The molecule has 390 valence electrons. The summed E-state index contributed by atoms with van der Waals surface area (Å²) in [5.74, 6) is -1.98. The molecule has 0 aromatic heterocycles. The lowest BCUT2D eigenvalue weighted by atomic mass is 10.1. The molecule has 0 bridgehead atoms. The van der Waals surface area contributed by atoms with Gasteiger partial charge >= 0.3 is 17.9 Å². The fourth-order valence-corrected chi connectivity index (χ4v) is 8.10. The normalized spacial score (nSPS) is 11.3. The minimum absolute atomic E-state index is 0.332. The van der Waals surface area contributed by atoms with E-state index in [4.69, 9.17) is 15.3 Å². The van der Waals surface area contributed by atoms with Gasteiger partial charge in [-0.25, -0.2) is 0 Å². The third kappa shape index (κ3) is 75.9. The average Bonchev–Trinajstić information content (AvgIpc) is 3.29. The number of hydrogen-bond acceptors (Lipinski definition) is 3. The second-order valence-electron chi connectivity index (χ2n) is 19.3. The molecule has 0 fully saturated rings. The second kappa shape index (κ2) is 64.7. The maximum Gasteiger partial charge on any atom is 0.303 e. The molecule has 0 rings (SSSR count). The van der Waals surface area contributed by atoms with Crippen LogP contribution in [0.25, 0.3) is 0 Å². The highest BCUT2D eigenvalue weighted by molar-refractivity contribution is 5.67. The minimum Gasteiger partial charge on any atom is -0.481 e. The van der Waals surface area contributed by atoms with Gasteiger partial charge in [-0.05, 0) is 96.3 Å². The average molecular weight is 932 g/mol. The van der Waals surface area contributed by atoms with Gasteiger partial charge in [0.1, 0.15) is 0 Å². The van der Waals surface area contributed by atoms with Crippen molar-refractivity contribution in [2.75, 3.05) is 0 Å². The molecular formula is C60H114O6. The van der Waals surface area contributed by atoms with Crippen molar-refractivity contribution in [2.45, 2.75) is 329 Å². The zero-order valence-electron chi connectivity index (χ0n) is 44.5. The quantitative estimate of drug-likeness (QED) is 0.0414. The number of allylic oxidation sites excluding steroid dienone is 6. The fourth-order valence-electron chi connectivity index (χ4n) is 8.10. The van der Waals surface area contributed by atoms with Crippen molar-refractivity contribution < 1.29 is 29.7 Å². The SMILES string of the molecule is CCCCCCCCC=CCCCCCCCC(=O)O.CCCCCCCCC=CCCCCCCCCCC(=O)O.CCCCCCCCC=CCCCCCCCCCCCC(=O)O. The molecule has 0 spiro atoms. The molecule has 6 heteroatoms. The third-order valence-corrected chi connectivity index (χ3v) is 12.5. The summed E-state index contributed by atoms with van der Waals surface area (Å²) in [5.41, 5.74) is 0. The van der Waals surface area contributed by atoms with Gasteiger partial charge in [0.25, 0.3) is 0 Å². The molecule has 3 N–H and O–H groups in total. The van der Waals surface area contributed by atoms with E-state index < -0.39 is 17.9 Å². The summed E-state index contributed by atoms with van der Waals surface area (Å²) in [6, 6.07) is 0. The molecule has 0 aromatic rings. The summed E-state index contributed by atoms with van der Waals surface area (Å²) < 4.78 is 0. The van der Waals surface area contributed by atoms with E-state index in [0.29, 0.717) is 19.3 Å². The van der Waals surface area contributed by atoms with E-state index in [-0.39, 0.29) is 0 Å². The van der Waals surface area contributed by atoms with Crippen LogP contribution in [-0.4, -0.2) is 33.2 Å². The van der Waals surface area contributed by atoms with Crippen LogP contribution in [0.15, 0.2) is 36.5 Å². The Morgan fingerprint density at radius 1 is 0.227 bits per heavy atom. The van der Waals surface area contributed by atoms with Crippen molar-refractivity contribution in [3.63, 3.8) is 0 Å². The van der Waals surface area contributed by atoms with Crippen molar-refractivity contribution in [1.29, 1.82) is 0 Å². The molecule has 0 unspecified atom stereocenters. The lowest BCUT2D eigenvalue weighted by Gasteiger charge is -2.01. The molecule has 0 radical (unpaired) electrons. The van der Waals surface area contributed by atoms with Crippen LogP contribution in [-0.2, 0) is 14.4 Å². The van der Waals surface area contributed by atoms with Crippen LogP contribution < -0.4 is 0 Å². The molecule has 66 heavy (non-hydrogen) atoms. The Balaban J connectivity index is -0.000000906. The molecule has 0 aliphatic carbocycles. The Kier molecular flexibility index (Phi) is 66.6. The Bertz CT molecular complexity index is 1030. The number of carbonyl (C=O) groups is 3. The van der Waals surface area contributed by atoms with Crippen LogP contribution in [0.1, 0.15) is 329 Å². The van der Waals surface area contributed by atoms with Gasteiger partial charge < -0.3 is 15.3 Å². The highest BCUT2D eigenvalue weighted by Crippen LogP contribution is 2.15. The van der Waals surface area contributed by atoms with Crippen LogP contribution >= 0.6 is 0 Å². The molecule has 6 nitrogen and oxygen atoms in total. The van der Waals surface area contributed by atoms with Crippen molar-refractivity contribution in [2.24, 2.45) is 0 Å². The van der Waals surface area contributed by atoms with Crippen LogP contribution in [0.3, 0.4) is 0 Å². The standard InChI is InChI=1S/C22H42O2.C20H38O2.C18H34O2/c1-2-3-4-5-6-7-8-9-10-11-12-13-14-15-16-17-18-19-20-21-22(23)24;1-2-3-4-5-6-7-8-9-10-11-12-13-14-15-16-17-18-19-20(21)22;1-2-3-4-5-6-7-8-9-10-11-12-13-14-15-16-17-18(19)20/h9-10H,2-8,11-21H2,1H3,(H,23,24);9-10H,2-8,11-19H2,1H3,(H,21,22);9-10H,2-8,11-17H2,1H3,(H,19,20). The monoisotopic (exact) mass is 931 g/mol. The van der Waals surface area contributed by atoms with Gasteiger partial charge in [0.05, 0.1) is 0 Å². The molecule has 0 aliphatic heterocycles. The summed E-state index contributed by atoms with van der Waals surface area (Å²) in [6.07, 6.45) is 72.5. The van der Waals surface area contributed by atoms with Gasteiger partial charge in [-0.2, -0.15) is 0 Å². The first-order chi connectivity index (χ1) is 32.3. The number of unbranched alkanes of at least 4 members (excludes halogenated alkanes) is 39. The van der Waals surface area contributed by atoms with Gasteiger partial charge in [0.15, 0.2) is 0 Å². The van der Waals surface area contributed by atoms with Crippen molar-refractivity contribution >= 4 is 17.9 Å². The number of carboxylic acids is 3. The van der Waals surface area contributed by atoms with Crippen LogP contribution in [0.4, 0.5) is 0 Å². The van der Waals surface area contributed by atoms with E-state index in [1.54, 1.807) is 0 Å². The number of rotatable bonds is 51. The van der Waals surface area contributed by atoms with E-state index in [0.717, 1.165) is 38.5 Å². The first-order valence-electron chi connectivity index (χ1n) is 28.9. The maximum atomic E-state index is 10.4. The largest absolute Gasteiger partial charge is 0.481 e. The van der Waals surface area contributed by atoms with Crippen LogP contribution in [0.5, 0.6) is 0 Å². The number of aliphatic carboxylic acids is 3. The fraction of sp³-hybridized carbons (Fsp3) is 0.850. The van der Waals surface area contributed by atoms with Crippen LogP contribution in [0.2, 0.25) is 0 Å². The van der Waals surface area contributed by atoms with Crippen LogP contribution in [0, 0.1) is 0 Å². The summed E-state index contributed by atoms with van der Waals surface area (Å²) in [4.78, 5) is 31.1. The Hall–Kier alpha value is -2.37. The lowest BCUT2D eigenvalue weighted by Crippen LogP contribution is -1.93. The molecule has 0 atom stereocenters. The predicted molar refractivity (Wildman–Crippen MR) is 289 cm³/mol. The van der Waals surface area contributed by atoms with Crippen molar-refractivity contribution in [1.82, 2.24) is 0 Å². The van der Waals surface area contributed by atoms with Gasteiger partial charge in [-0.3, -0.25) is 14.4 Å². The van der Waals surface area contributed by atoms with Crippen molar-refractivity contribution in [3.05, 3.63) is 36.5 Å². The molecule has 0 aromatic carbocycles. The minimum atomic E-state index is -0.664. The zero-order valence-corrected chi connectivity index (χ0v) is 44.5. The second-order valence-corrected chi connectivity index (χ2v) is 19.3. The van der Waals surface area contributed by atoms with Gasteiger partial charge in [0, 0.05) is 19.3 Å². The molecule has 0 saturated heterocycles. The molecular weight excluding hydrogens is 817 g/mol. The lowest BCUT2D eigenvalue weighted by molar-refractivity contribution is -0.138. The van der Waals surface area contributed by atoms with E-state index in [1.165, 1.54) is 250 Å². The highest BCUT2D eigenvalue weighted by Gasteiger charge is 1.99. The third-order valence-electron chi connectivity index (χ3n) is 12.5. The molecule has 0 amide bonds.